The van der Waals surface area contributed by atoms with Gasteiger partial charge in [-0.1, -0.05) is 45.2 Å². The molecule has 0 spiro atoms. The third-order valence-corrected chi connectivity index (χ3v) is 7.55. The van der Waals surface area contributed by atoms with E-state index in [-0.39, 0.29) is 34.1 Å². The Kier molecular flexibility index (Phi) is 7.97. The van der Waals surface area contributed by atoms with Crippen molar-refractivity contribution in [2.75, 3.05) is 10.6 Å². The minimum absolute atomic E-state index is 0.0232. The van der Waals surface area contributed by atoms with Crippen LogP contribution in [0.2, 0.25) is 0 Å². The molecule has 0 aliphatic heterocycles. The summed E-state index contributed by atoms with van der Waals surface area (Å²) in [5.41, 5.74) is 12.8. The summed E-state index contributed by atoms with van der Waals surface area (Å²) in [4.78, 5) is 41.1. The topological polar surface area (TPSA) is 145 Å². The molecule has 10 heteroatoms. The second-order valence-electron chi connectivity index (χ2n) is 9.75. The van der Waals surface area contributed by atoms with Gasteiger partial charge in [-0.05, 0) is 67.0 Å². The Hall–Kier alpha value is -3.66. The van der Waals surface area contributed by atoms with Gasteiger partial charge in [0, 0.05) is 11.7 Å². The number of amides is 3. The van der Waals surface area contributed by atoms with Crippen molar-refractivity contribution < 1.29 is 18.8 Å². The number of nitrogens with two attached hydrogens (primary N) is 2. The summed E-state index contributed by atoms with van der Waals surface area (Å²) in [5.74, 6) is -0.523. The Morgan fingerprint density at radius 2 is 1.76 bits per heavy atom. The summed E-state index contributed by atoms with van der Waals surface area (Å²) in [6, 6.07) is 9.83. The van der Waals surface area contributed by atoms with Crippen LogP contribution in [0.5, 0.6) is 0 Å². The van der Waals surface area contributed by atoms with Gasteiger partial charge in [-0.25, -0.2) is 0 Å². The van der Waals surface area contributed by atoms with Gasteiger partial charge in [-0.2, -0.15) is 4.37 Å². The molecule has 1 unspecified atom stereocenters. The first-order valence-electron chi connectivity index (χ1n) is 12.5. The zero-order valence-corrected chi connectivity index (χ0v) is 22.1. The average Bonchev–Trinajstić information content (AvgIpc) is 3.48. The van der Waals surface area contributed by atoms with Crippen molar-refractivity contribution in [3.63, 3.8) is 0 Å². The van der Waals surface area contributed by atoms with Crippen molar-refractivity contribution in [2.45, 2.75) is 70.9 Å². The smallest absolute Gasteiger partial charge is 0.273 e. The predicted molar refractivity (Wildman–Crippen MR) is 144 cm³/mol. The summed E-state index contributed by atoms with van der Waals surface area (Å²) in [6.07, 6.45) is 5.00. The number of benzene rings is 1. The number of nitrogens with one attached hydrogen (secondary N) is 1. The van der Waals surface area contributed by atoms with E-state index in [9.17, 15) is 14.4 Å². The van der Waals surface area contributed by atoms with Crippen molar-refractivity contribution >= 4 is 40.6 Å². The van der Waals surface area contributed by atoms with Crippen LogP contribution in [-0.2, 0) is 4.79 Å². The van der Waals surface area contributed by atoms with Gasteiger partial charge in [0.1, 0.15) is 16.4 Å². The Morgan fingerprint density at radius 1 is 1.08 bits per heavy atom. The van der Waals surface area contributed by atoms with Crippen LogP contribution >= 0.6 is 11.5 Å². The number of aryl methyl sites for hydroxylation is 1. The highest BCUT2D eigenvalue weighted by Gasteiger charge is 2.38. The number of anilines is 2. The summed E-state index contributed by atoms with van der Waals surface area (Å²) >= 11 is 0.779. The van der Waals surface area contributed by atoms with Gasteiger partial charge in [0.05, 0.1) is 5.69 Å². The lowest BCUT2D eigenvalue weighted by Crippen LogP contribution is -2.47. The lowest BCUT2D eigenvalue weighted by Gasteiger charge is -2.32. The normalized spacial score (nSPS) is 14.9. The molecule has 0 bridgehead atoms. The van der Waals surface area contributed by atoms with Crippen molar-refractivity contribution in [2.24, 2.45) is 5.73 Å². The van der Waals surface area contributed by atoms with Crippen LogP contribution < -0.4 is 21.7 Å². The van der Waals surface area contributed by atoms with Gasteiger partial charge in [-0.3, -0.25) is 19.3 Å². The maximum atomic E-state index is 14.1. The maximum absolute atomic E-state index is 14.1. The molecule has 1 aliphatic rings. The first-order valence-corrected chi connectivity index (χ1v) is 13.3. The fourth-order valence-corrected chi connectivity index (χ4v) is 5.39. The monoisotopic (exact) mass is 523 g/mol. The van der Waals surface area contributed by atoms with Crippen molar-refractivity contribution in [1.29, 1.82) is 0 Å². The molecular formula is C27H33N5O4S. The molecule has 2 aromatic heterocycles. The van der Waals surface area contributed by atoms with E-state index in [1.165, 1.54) is 4.90 Å². The second-order valence-corrected chi connectivity index (χ2v) is 10.5. The molecule has 1 saturated carbocycles. The first kappa shape index (κ1) is 26.4. The number of nitrogens with zero attached hydrogens (tertiary/aromatic N) is 2. The lowest BCUT2D eigenvalue weighted by atomic mass is 9.95. The van der Waals surface area contributed by atoms with Gasteiger partial charge >= 0.3 is 0 Å². The number of furan rings is 1. The second kappa shape index (κ2) is 11.2. The van der Waals surface area contributed by atoms with E-state index in [2.05, 4.69) is 23.5 Å². The minimum atomic E-state index is -1.11. The Balaban J connectivity index is 1.82. The highest BCUT2D eigenvalue weighted by molar-refractivity contribution is 7.09. The van der Waals surface area contributed by atoms with E-state index in [4.69, 9.17) is 15.9 Å². The molecular weight excluding hydrogens is 490 g/mol. The van der Waals surface area contributed by atoms with Crippen LogP contribution in [-0.4, -0.2) is 28.1 Å². The van der Waals surface area contributed by atoms with Crippen LogP contribution in [0.25, 0.3) is 0 Å². The third kappa shape index (κ3) is 5.69. The number of aromatic nitrogens is 1. The minimum Gasteiger partial charge on any atom is -0.464 e. The molecule has 196 valence electrons. The zero-order valence-electron chi connectivity index (χ0n) is 21.3. The van der Waals surface area contributed by atoms with E-state index < -0.39 is 17.9 Å². The Bertz CT molecular complexity index is 1270. The van der Waals surface area contributed by atoms with Gasteiger partial charge in [0.2, 0.25) is 0 Å². The van der Waals surface area contributed by atoms with Gasteiger partial charge in [0.15, 0.2) is 11.7 Å². The van der Waals surface area contributed by atoms with Gasteiger partial charge < -0.3 is 21.2 Å². The summed E-state index contributed by atoms with van der Waals surface area (Å²) in [5, 5.41) is 3.14. The molecule has 9 nitrogen and oxygen atoms in total. The van der Waals surface area contributed by atoms with Crippen LogP contribution in [0.4, 0.5) is 11.4 Å². The number of carbonyl (C=O) groups excluding carboxylic acids is 3. The Morgan fingerprint density at radius 3 is 2.30 bits per heavy atom. The fourth-order valence-electron chi connectivity index (χ4n) is 4.64. The standard InChI is InChI=1S/C27H33N5O4S/c1-15(2)17-10-12-19(13-11-17)32(27(35)24-21(28)22(25(29)33)31-37-24)23(20-14-9-16(3)36-20)26(34)30-18-7-5-4-6-8-18/h9-15,18,23H,4-8,28H2,1-3H3,(H2,29,33)(H,30,34). The van der Waals surface area contributed by atoms with Crippen molar-refractivity contribution in [3.8, 4) is 0 Å². The molecule has 5 N–H and O–H groups in total. The SMILES string of the molecule is Cc1ccc(C(C(=O)NC2CCCCC2)N(C(=O)c2snc(C(N)=O)c2N)c2ccc(C(C)C)cc2)o1. The zero-order chi connectivity index (χ0) is 26.7. The molecule has 3 aromatic rings. The molecule has 2 heterocycles. The highest BCUT2D eigenvalue weighted by Crippen LogP contribution is 2.35. The molecule has 1 atom stereocenters. The fraction of sp³-hybridized carbons (Fsp3) is 0.407. The molecule has 0 radical (unpaired) electrons. The van der Waals surface area contributed by atoms with Crippen LogP contribution in [0, 0.1) is 6.92 Å². The van der Waals surface area contributed by atoms with Crippen LogP contribution in [0.3, 0.4) is 0 Å². The van der Waals surface area contributed by atoms with E-state index >= 15 is 0 Å². The molecule has 0 saturated heterocycles. The van der Waals surface area contributed by atoms with Gasteiger partial charge in [0.25, 0.3) is 17.7 Å². The van der Waals surface area contributed by atoms with Crippen molar-refractivity contribution in [3.05, 3.63) is 64.1 Å². The molecule has 3 amide bonds. The van der Waals surface area contributed by atoms with E-state index in [0.29, 0.717) is 17.2 Å². The summed E-state index contributed by atoms with van der Waals surface area (Å²) < 4.78 is 9.90. The number of hydrogen-bond acceptors (Lipinski definition) is 7. The number of hydrogen-bond donors (Lipinski definition) is 3. The highest BCUT2D eigenvalue weighted by atomic mass is 32.1. The number of carbonyl (C=O) groups is 3. The van der Waals surface area contributed by atoms with Crippen molar-refractivity contribution in [1.82, 2.24) is 9.69 Å². The predicted octanol–water partition coefficient (Wildman–Crippen LogP) is 4.69. The maximum Gasteiger partial charge on any atom is 0.273 e. The number of primary amides is 1. The largest absolute Gasteiger partial charge is 0.464 e. The molecule has 1 fully saturated rings. The molecule has 1 aromatic carbocycles. The molecule has 1 aliphatic carbocycles. The lowest BCUT2D eigenvalue weighted by molar-refractivity contribution is -0.123. The summed E-state index contributed by atoms with van der Waals surface area (Å²) in [7, 11) is 0. The number of nitrogen functional groups attached to an aromatic ring is 1. The van der Waals surface area contributed by atoms with Crippen LogP contribution in [0.1, 0.15) is 95.2 Å². The quantitative estimate of drug-likeness (QED) is 0.391. The third-order valence-electron chi connectivity index (χ3n) is 6.70. The van der Waals surface area contributed by atoms with E-state index in [1.807, 2.05) is 12.1 Å². The number of rotatable bonds is 8. The van der Waals surface area contributed by atoms with E-state index in [0.717, 1.165) is 49.2 Å². The first-order chi connectivity index (χ1) is 17.7. The molecule has 4 rings (SSSR count). The molecule has 37 heavy (non-hydrogen) atoms. The average molecular weight is 524 g/mol. The Labute approximate surface area is 220 Å². The summed E-state index contributed by atoms with van der Waals surface area (Å²) in [6.45, 7) is 5.93. The van der Waals surface area contributed by atoms with Crippen LogP contribution in [0.15, 0.2) is 40.8 Å². The van der Waals surface area contributed by atoms with E-state index in [1.54, 1.807) is 31.2 Å². The van der Waals surface area contributed by atoms with Gasteiger partial charge in [-0.15, -0.1) is 0 Å².